The van der Waals surface area contributed by atoms with E-state index in [1.54, 1.807) is 0 Å². The van der Waals surface area contributed by atoms with Crippen molar-refractivity contribution in [2.45, 2.75) is 26.0 Å². The highest BCUT2D eigenvalue weighted by atomic mass is 16.5. The number of nitrogens with zero attached hydrogens (tertiary/aromatic N) is 5. The molecule has 8 nitrogen and oxygen atoms in total. The number of likely N-dealkylation sites (N-methyl/N-ethyl adjacent to an activating group) is 1. The Bertz CT molecular complexity index is 810. The molecule has 2 aliphatic rings. The number of morpholine rings is 1. The fourth-order valence-electron chi connectivity index (χ4n) is 3.90. The van der Waals surface area contributed by atoms with Crippen molar-refractivity contribution in [3.8, 4) is 11.3 Å². The zero-order chi connectivity index (χ0) is 17.7. The number of carbonyl (C=O) groups is 1. The zero-order valence-electron chi connectivity index (χ0n) is 15.1. The molecule has 2 aromatic heterocycles. The molecule has 0 aliphatic carbocycles. The van der Waals surface area contributed by atoms with Crippen LogP contribution >= 0.6 is 0 Å². The van der Waals surface area contributed by atoms with Crippen molar-refractivity contribution in [2.24, 2.45) is 7.05 Å². The maximum Gasteiger partial charge on any atom is 0.272 e. The van der Waals surface area contributed by atoms with Crippen molar-refractivity contribution >= 4 is 5.91 Å². The van der Waals surface area contributed by atoms with Gasteiger partial charge in [-0.1, -0.05) is 0 Å². The molecule has 4 rings (SSSR count). The van der Waals surface area contributed by atoms with Crippen LogP contribution in [0.4, 0.5) is 0 Å². The first-order chi connectivity index (χ1) is 12.0. The number of aromatic amines is 1. The highest BCUT2D eigenvalue weighted by Crippen LogP contribution is 2.27. The predicted octanol–water partition coefficient (Wildman–Crippen LogP) is 0.582. The first kappa shape index (κ1) is 16.3. The van der Waals surface area contributed by atoms with E-state index < -0.39 is 0 Å². The molecule has 0 bridgehead atoms. The van der Waals surface area contributed by atoms with Gasteiger partial charge in [0.2, 0.25) is 0 Å². The number of ether oxygens (including phenoxy) is 1. The van der Waals surface area contributed by atoms with E-state index >= 15 is 0 Å². The average Bonchev–Trinajstić information content (AvgIpc) is 3.26. The molecule has 2 aliphatic heterocycles. The molecule has 1 amide bonds. The predicted molar refractivity (Wildman–Crippen MR) is 92.3 cm³/mol. The normalized spacial score (nSPS) is 23.9. The molecule has 2 saturated heterocycles. The van der Waals surface area contributed by atoms with Gasteiger partial charge in [0.05, 0.1) is 30.1 Å². The summed E-state index contributed by atoms with van der Waals surface area (Å²) < 4.78 is 7.66. The van der Waals surface area contributed by atoms with Crippen molar-refractivity contribution in [2.75, 3.05) is 33.3 Å². The number of nitrogens with one attached hydrogen (secondary N) is 1. The first-order valence-corrected chi connectivity index (χ1v) is 8.63. The Kier molecular flexibility index (Phi) is 3.88. The molecular formula is C17H24N6O2. The molecule has 4 heterocycles. The van der Waals surface area contributed by atoms with Gasteiger partial charge in [0.25, 0.3) is 5.91 Å². The number of aryl methyl sites for hydroxylation is 2. The highest BCUT2D eigenvalue weighted by molar-refractivity contribution is 5.93. The Balaban J connectivity index is 1.55. The topological polar surface area (TPSA) is 79.3 Å². The van der Waals surface area contributed by atoms with Crippen LogP contribution < -0.4 is 0 Å². The Labute approximate surface area is 146 Å². The van der Waals surface area contributed by atoms with Crippen LogP contribution in [0, 0.1) is 13.8 Å². The Morgan fingerprint density at radius 1 is 1.32 bits per heavy atom. The number of fused-ring (bicyclic) bond motifs is 1. The second-order valence-corrected chi connectivity index (χ2v) is 7.00. The van der Waals surface area contributed by atoms with E-state index in [1.165, 1.54) is 0 Å². The third kappa shape index (κ3) is 2.65. The Morgan fingerprint density at radius 2 is 2.12 bits per heavy atom. The molecule has 8 heteroatoms. The zero-order valence-corrected chi connectivity index (χ0v) is 15.1. The number of H-pyrrole nitrogens is 1. The summed E-state index contributed by atoms with van der Waals surface area (Å²) in [6, 6.07) is 2.11. The van der Waals surface area contributed by atoms with Crippen molar-refractivity contribution in [3.05, 3.63) is 23.1 Å². The smallest absolute Gasteiger partial charge is 0.272 e. The van der Waals surface area contributed by atoms with Gasteiger partial charge < -0.3 is 9.64 Å². The summed E-state index contributed by atoms with van der Waals surface area (Å²) in [4.78, 5) is 17.0. The number of amides is 1. The van der Waals surface area contributed by atoms with Crippen LogP contribution in [0.2, 0.25) is 0 Å². The van der Waals surface area contributed by atoms with Crippen LogP contribution in [0.3, 0.4) is 0 Å². The third-order valence-electron chi connectivity index (χ3n) is 5.44. The molecule has 134 valence electrons. The maximum atomic E-state index is 12.9. The van der Waals surface area contributed by atoms with Crippen molar-refractivity contribution in [3.63, 3.8) is 0 Å². The average molecular weight is 344 g/mol. The molecule has 25 heavy (non-hydrogen) atoms. The minimum absolute atomic E-state index is 0.0238. The molecule has 1 N–H and O–H groups in total. The van der Waals surface area contributed by atoms with Gasteiger partial charge in [-0.25, -0.2) is 0 Å². The van der Waals surface area contributed by atoms with Gasteiger partial charge in [-0.15, -0.1) is 0 Å². The molecule has 2 aromatic rings. The van der Waals surface area contributed by atoms with Crippen LogP contribution in [0.5, 0.6) is 0 Å². The van der Waals surface area contributed by atoms with Gasteiger partial charge in [0, 0.05) is 37.9 Å². The quantitative estimate of drug-likeness (QED) is 0.862. The van der Waals surface area contributed by atoms with Crippen LogP contribution in [0.15, 0.2) is 6.07 Å². The van der Waals surface area contributed by atoms with E-state index in [9.17, 15) is 4.79 Å². The molecule has 0 saturated carbocycles. The highest BCUT2D eigenvalue weighted by Gasteiger charge is 2.40. The van der Waals surface area contributed by atoms with Gasteiger partial charge in [0.15, 0.2) is 0 Å². The van der Waals surface area contributed by atoms with E-state index in [0.29, 0.717) is 18.8 Å². The van der Waals surface area contributed by atoms with Gasteiger partial charge >= 0.3 is 0 Å². The summed E-state index contributed by atoms with van der Waals surface area (Å²) in [5.74, 6) is -0.0238. The molecule has 0 unspecified atom stereocenters. The van der Waals surface area contributed by atoms with Crippen molar-refractivity contribution in [1.82, 2.24) is 29.8 Å². The number of hydrogen-bond donors (Lipinski definition) is 1. The standard InChI is InChI=1S/C17H24N6O2/c1-10-16(11(2)22(4)20-10)12-7-13(19-18-12)17(24)23-8-14-15(9-23)25-6-5-21(14)3/h7,14-15H,5-6,8-9H2,1-4H3,(H,18,19)/t14-,15+/m0/s1. The lowest BCUT2D eigenvalue weighted by atomic mass is 10.1. The van der Waals surface area contributed by atoms with Crippen molar-refractivity contribution < 1.29 is 9.53 Å². The lowest BCUT2D eigenvalue weighted by molar-refractivity contribution is -0.0368. The van der Waals surface area contributed by atoms with Gasteiger partial charge in [-0.2, -0.15) is 10.2 Å². The van der Waals surface area contributed by atoms with E-state index in [4.69, 9.17) is 4.74 Å². The molecular weight excluding hydrogens is 320 g/mol. The first-order valence-electron chi connectivity index (χ1n) is 8.63. The van der Waals surface area contributed by atoms with E-state index in [-0.39, 0.29) is 18.1 Å². The summed E-state index contributed by atoms with van der Waals surface area (Å²) in [5.41, 5.74) is 4.20. The SMILES string of the molecule is Cc1nn(C)c(C)c1-c1cc(C(=O)N2C[C@H]3OCCN(C)[C@H]3C2)[nH]n1. The molecule has 0 aromatic carbocycles. The fraction of sp³-hybridized carbons (Fsp3) is 0.588. The lowest BCUT2D eigenvalue weighted by Gasteiger charge is -2.33. The second kappa shape index (κ2) is 5.96. The maximum absolute atomic E-state index is 12.9. The largest absolute Gasteiger partial charge is 0.373 e. The molecule has 2 atom stereocenters. The number of carbonyl (C=O) groups excluding carboxylic acids is 1. The fourth-order valence-corrected chi connectivity index (χ4v) is 3.90. The summed E-state index contributed by atoms with van der Waals surface area (Å²) in [5, 5.41) is 11.7. The van der Waals surface area contributed by atoms with E-state index in [1.807, 2.05) is 36.5 Å². The molecule has 0 spiro atoms. The number of hydrogen-bond acceptors (Lipinski definition) is 5. The van der Waals surface area contributed by atoms with Gasteiger partial charge in [-0.3, -0.25) is 19.5 Å². The van der Waals surface area contributed by atoms with Gasteiger partial charge in [-0.05, 0) is 27.0 Å². The van der Waals surface area contributed by atoms with Crippen molar-refractivity contribution in [1.29, 1.82) is 0 Å². The monoisotopic (exact) mass is 344 g/mol. The van der Waals surface area contributed by atoms with Crippen LogP contribution in [0.1, 0.15) is 21.9 Å². The van der Waals surface area contributed by atoms with Gasteiger partial charge in [0.1, 0.15) is 5.69 Å². The Hall–Kier alpha value is -2.19. The van der Waals surface area contributed by atoms with E-state index in [0.717, 1.165) is 35.8 Å². The summed E-state index contributed by atoms with van der Waals surface area (Å²) in [7, 11) is 4.00. The summed E-state index contributed by atoms with van der Waals surface area (Å²) in [6.07, 6.45) is 0.105. The lowest BCUT2D eigenvalue weighted by Crippen LogP contribution is -2.48. The van der Waals surface area contributed by atoms with Crippen LogP contribution in [-0.2, 0) is 11.8 Å². The molecule has 2 fully saturated rings. The van der Waals surface area contributed by atoms with Crippen LogP contribution in [0.25, 0.3) is 11.3 Å². The number of likely N-dealkylation sites (tertiary alicyclic amines) is 1. The number of rotatable bonds is 2. The summed E-state index contributed by atoms with van der Waals surface area (Å²) >= 11 is 0. The minimum atomic E-state index is -0.0238. The minimum Gasteiger partial charge on any atom is -0.373 e. The third-order valence-corrected chi connectivity index (χ3v) is 5.44. The second-order valence-electron chi connectivity index (χ2n) is 7.00. The van der Waals surface area contributed by atoms with Crippen LogP contribution in [-0.4, -0.2) is 81.1 Å². The summed E-state index contributed by atoms with van der Waals surface area (Å²) in [6.45, 7) is 6.93. The van der Waals surface area contributed by atoms with E-state index in [2.05, 4.69) is 27.2 Å². The Morgan fingerprint density at radius 3 is 2.80 bits per heavy atom. The number of aromatic nitrogens is 4. The molecule has 0 radical (unpaired) electrons.